The van der Waals surface area contributed by atoms with Crippen LogP contribution in [0.4, 0.5) is 0 Å². The van der Waals surface area contributed by atoms with E-state index in [0.717, 1.165) is 13.8 Å². The summed E-state index contributed by atoms with van der Waals surface area (Å²) in [5.74, 6) is -1.44. The Morgan fingerprint density at radius 2 is 0.863 bits per heavy atom. The first-order valence-corrected chi connectivity index (χ1v) is 16.1. The van der Waals surface area contributed by atoms with E-state index in [1.54, 1.807) is 0 Å². The molecule has 0 aromatic heterocycles. The molecule has 4 fully saturated rings. The lowest BCUT2D eigenvalue weighted by Crippen LogP contribution is -2.70. The van der Waals surface area contributed by atoms with Gasteiger partial charge in [0.2, 0.25) is 11.8 Å². The van der Waals surface area contributed by atoms with Crippen molar-refractivity contribution in [2.45, 2.75) is 137 Å². The van der Waals surface area contributed by atoms with Gasteiger partial charge in [-0.1, -0.05) is 0 Å². The van der Waals surface area contributed by atoms with Crippen molar-refractivity contribution < 1.29 is 104 Å². The predicted octanol–water partition coefficient (Wildman–Crippen LogP) is -9.46. The van der Waals surface area contributed by atoms with Crippen molar-refractivity contribution in [1.82, 2.24) is 10.6 Å². The maximum atomic E-state index is 12.3. The van der Waals surface area contributed by atoms with Crippen LogP contribution in [0.25, 0.3) is 0 Å². The summed E-state index contributed by atoms with van der Waals surface area (Å²) in [6.45, 7) is -1.29. The van der Waals surface area contributed by atoms with Gasteiger partial charge in [0, 0.05) is 13.8 Å². The fraction of sp³-hybridized carbons (Fsp3) is 0.929. The van der Waals surface area contributed by atoms with Crippen LogP contribution in [0.1, 0.15) is 13.8 Å². The molecule has 4 saturated heterocycles. The standard InChI is InChI=1S/C28H48N2O21/c1-7(35)29-13-23(16(38)10(4-32)45-25(13)44)50-28-21(43)19(41)22(12(6-34)48-28)49-26-14(30-8(2)36)24(17(39)11(5-33)46-26)51-27-20(42)18(40)15(37)9(3-31)47-27/h9-28,31-34,37-44H,3-6H2,1-2H3,(H,29,35)(H,30,36)/t9-,10-,11-,12-,13-,14-,15+,16+,17+,18+,19-,20-,21-,22+,23-,24-,25?,26-,27+,28+/m1/s1. The number of nitrogens with one attached hydrogen (secondary N) is 2. The fourth-order valence-electron chi connectivity index (χ4n) is 6.35. The molecule has 0 aliphatic carbocycles. The second kappa shape index (κ2) is 18.0. The Bertz CT molecular complexity index is 1140. The monoisotopic (exact) mass is 748 g/mol. The molecular formula is C28H48N2O21. The molecule has 4 aliphatic heterocycles. The van der Waals surface area contributed by atoms with Gasteiger partial charge in [0.1, 0.15) is 97.5 Å². The Labute approximate surface area is 289 Å². The van der Waals surface area contributed by atoms with Crippen molar-refractivity contribution in [2.24, 2.45) is 0 Å². The number of hydrogen-bond acceptors (Lipinski definition) is 21. The lowest BCUT2D eigenvalue weighted by Gasteiger charge is -2.50. The van der Waals surface area contributed by atoms with Crippen molar-refractivity contribution >= 4 is 11.8 Å². The van der Waals surface area contributed by atoms with E-state index < -0.39 is 161 Å². The summed E-state index contributed by atoms with van der Waals surface area (Å²) in [6, 6.07) is -3.05. The van der Waals surface area contributed by atoms with Gasteiger partial charge in [-0.3, -0.25) is 9.59 Å². The van der Waals surface area contributed by atoms with Crippen molar-refractivity contribution in [3.63, 3.8) is 0 Å². The third-order valence-electron chi connectivity index (χ3n) is 9.01. The van der Waals surface area contributed by atoms with Gasteiger partial charge in [-0.05, 0) is 0 Å². The quantitative estimate of drug-likeness (QED) is 0.0881. The molecule has 4 heterocycles. The van der Waals surface area contributed by atoms with E-state index in [4.69, 9.17) is 33.2 Å². The summed E-state index contributed by atoms with van der Waals surface area (Å²) in [6.07, 6.45) is -31.5. The number of carbonyl (C=O) groups is 2. The lowest BCUT2D eigenvalue weighted by molar-refractivity contribution is -0.374. The maximum absolute atomic E-state index is 12.3. The molecule has 14 N–H and O–H groups in total. The first-order chi connectivity index (χ1) is 24.1. The highest BCUT2D eigenvalue weighted by Gasteiger charge is 2.56. The molecule has 0 aromatic carbocycles. The predicted molar refractivity (Wildman–Crippen MR) is 157 cm³/mol. The summed E-state index contributed by atoms with van der Waals surface area (Å²) < 4.78 is 39.2. The molecule has 0 spiro atoms. The van der Waals surface area contributed by atoms with Gasteiger partial charge >= 0.3 is 0 Å². The summed E-state index contributed by atoms with van der Waals surface area (Å²) >= 11 is 0. The van der Waals surface area contributed by atoms with Crippen molar-refractivity contribution in [3.05, 3.63) is 0 Å². The van der Waals surface area contributed by atoms with E-state index in [1.807, 2.05) is 0 Å². The van der Waals surface area contributed by atoms with Gasteiger partial charge in [-0.25, -0.2) is 0 Å². The molecule has 296 valence electrons. The molecule has 20 atom stereocenters. The summed E-state index contributed by atoms with van der Waals surface area (Å²) in [5, 5.41) is 130. The molecule has 0 aromatic rings. The third-order valence-corrected chi connectivity index (χ3v) is 9.01. The number of aliphatic hydroxyl groups is 12. The Morgan fingerprint density at radius 1 is 0.471 bits per heavy atom. The molecule has 4 rings (SSSR count). The van der Waals surface area contributed by atoms with Crippen molar-refractivity contribution in [2.75, 3.05) is 26.4 Å². The van der Waals surface area contributed by atoms with Crippen LogP contribution < -0.4 is 10.6 Å². The van der Waals surface area contributed by atoms with E-state index in [2.05, 4.69) is 10.6 Å². The van der Waals surface area contributed by atoms with Gasteiger partial charge in [0.25, 0.3) is 0 Å². The van der Waals surface area contributed by atoms with Crippen LogP contribution >= 0.6 is 0 Å². The fourth-order valence-corrected chi connectivity index (χ4v) is 6.35. The van der Waals surface area contributed by atoms with Gasteiger partial charge in [-0.15, -0.1) is 0 Å². The minimum Gasteiger partial charge on any atom is -0.394 e. The summed E-state index contributed by atoms with van der Waals surface area (Å²) in [5.41, 5.74) is 0. The molecule has 23 heteroatoms. The minimum atomic E-state index is -2.06. The Hall–Kier alpha value is -1.82. The summed E-state index contributed by atoms with van der Waals surface area (Å²) in [4.78, 5) is 24.1. The number of hydrogen-bond donors (Lipinski definition) is 14. The second-order valence-electron chi connectivity index (χ2n) is 12.6. The first kappa shape index (κ1) is 41.9. The average molecular weight is 749 g/mol. The van der Waals surface area contributed by atoms with Crippen LogP contribution in [0.2, 0.25) is 0 Å². The number of ether oxygens (including phenoxy) is 7. The summed E-state index contributed by atoms with van der Waals surface area (Å²) in [7, 11) is 0. The van der Waals surface area contributed by atoms with Gasteiger partial charge in [0.15, 0.2) is 25.2 Å². The van der Waals surface area contributed by atoms with Crippen molar-refractivity contribution in [3.8, 4) is 0 Å². The van der Waals surface area contributed by atoms with Crippen molar-refractivity contribution in [1.29, 1.82) is 0 Å². The smallest absolute Gasteiger partial charge is 0.217 e. The molecule has 0 radical (unpaired) electrons. The van der Waals surface area contributed by atoms with Gasteiger partial charge < -0.3 is 105 Å². The molecule has 0 bridgehead atoms. The van der Waals surface area contributed by atoms with Crippen LogP contribution in [0, 0.1) is 0 Å². The lowest BCUT2D eigenvalue weighted by atomic mass is 9.94. The first-order valence-electron chi connectivity index (χ1n) is 16.1. The van der Waals surface area contributed by atoms with Gasteiger partial charge in [0.05, 0.1) is 26.4 Å². The maximum Gasteiger partial charge on any atom is 0.217 e. The van der Waals surface area contributed by atoms with E-state index in [9.17, 15) is 70.9 Å². The third kappa shape index (κ3) is 9.11. The Balaban J connectivity index is 1.58. The normalized spacial score (nSPS) is 47.8. The molecule has 23 nitrogen and oxygen atoms in total. The molecule has 4 aliphatic rings. The van der Waals surface area contributed by atoms with Crippen LogP contribution in [0.15, 0.2) is 0 Å². The average Bonchev–Trinajstić information content (AvgIpc) is 3.09. The number of aliphatic hydroxyl groups excluding tert-OH is 12. The molecule has 1 unspecified atom stereocenters. The topological polar surface area (TPSA) is 366 Å². The molecular weight excluding hydrogens is 700 g/mol. The van der Waals surface area contributed by atoms with Crippen LogP contribution in [0.3, 0.4) is 0 Å². The molecule has 0 saturated carbocycles. The van der Waals surface area contributed by atoms with E-state index in [1.165, 1.54) is 0 Å². The molecule has 2 amide bonds. The van der Waals surface area contributed by atoms with Crippen LogP contribution in [-0.2, 0) is 42.7 Å². The number of rotatable bonds is 12. The second-order valence-corrected chi connectivity index (χ2v) is 12.6. The van der Waals surface area contributed by atoms with Crippen LogP contribution in [0.5, 0.6) is 0 Å². The minimum absolute atomic E-state index is 0.681. The highest BCUT2D eigenvalue weighted by atomic mass is 16.8. The highest BCUT2D eigenvalue weighted by Crippen LogP contribution is 2.34. The molecule has 51 heavy (non-hydrogen) atoms. The zero-order chi connectivity index (χ0) is 37.9. The van der Waals surface area contributed by atoms with E-state index in [-0.39, 0.29) is 0 Å². The van der Waals surface area contributed by atoms with E-state index >= 15 is 0 Å². The number of carbonyl (C=O) groups excluding carboxylic acids is 2. The SMILES string of the molecule is CC(=O)N[C@H]1[C@@H](O[C@@H]2[C@H](O)[C@@H](O)[C@H](O[C@H]3[C@@H](O)[C@@H](CO)OC(O)[C@@H]3NC(C)=O)O[C@@H]2CO)O[C@H](CO)[C@H](O)[C@@H]1O[C@@H]1O[C@H](CO)[C@H](O)[C@H](O)[C@H]1O. The van der Waals surface area contributed by atoms with E-state index in [0.29, 0.717) is 0 Å². The number of amides is 2. The Kier molecular flexibility index (Phi) is 14.8. The Morgan fingerprint density at radius 3 is 1.37 bits per heavy atom. The van der Waals surface area contributed by atoms with Crippen LogP contribution in [-0.4, -0.2) is 222 Å². The highest BCUT2D eigenvalue weighted by molar-refractivity contribution is 5.73. The van der Waals surface area contributed by atoms with Gasteiger partial charge in [-0.2, -0.15) is 0 Å². The zero-order valence-corrected chi connectivity index (χ0v) is 27.4. The zero-order valence-electron chi connectivity index (χ0n) is 27.4. The largest absolute Gasteiger partial charge is 0.394 e.